The second-order valence-corrected chi connectivity index (χ2v) is 5.06. The lowest BCUT2D eigenvalue weighted by atomic mass is 10.1. The van der Waals surface area contributed by atoms with Gasteiger partial charge in [0.1, 0.15) is 18.1 Å². The van der Waals surface area contributed by atoms with Crippen molar-refractivity contribution in [3.05, 3.63) is 72.3 Å². The average Bonchev–Trinajstić information content (AvgIpc) is 2.60. The largest absolute Gasteiger partial charge is 0.496 e. The zero-order chi connectivity index (χ0) is 16.7. The van der Waals surface area contributed by atoms with Crippen LogP contribution in [0.1, 0.15) is 28.9 Å². The predicted octanol–water partition coefficient (Wildman–Crippen LogP) is 3.75. The molecule has 0 heterocycles. The SMILES string of the molecule is C=CCOc1ccc(C(=O)N[C@@H](C)c2ccccc2OC)cc1. The Labute approximate surface area is 136 Å². The second kappa shape index (κ2) is 8.03. The molecule has 0 spiro atoms. The molecule has 4 heteroatoms. The maximum atomic E-state index is 12.3. The highest BCUT2D eigenvalue weighted by Crippen LogP contribution is 2.24. The number of amides is 1. The molecular formula is C19H21NO3. The standard InChI is InChI=1S/C19H21NO3/c1-4-13-23-16-11-9-15(10-12-16)19(21)20-14(2)17-7-5-6-8-18(17)22-3/h4-12,14H,1,13H2,2-3H3,(H,20,21)/t14-/m0/s1. The van der Waals surface area contributed by atoms with Crippen LogP contribution in [0.15, 0.2) is 61.2 Å². The minimum absolute atomic E-state index is 0.140. The van der Waals surface area contributed by atoms with Gasteiger partial charge in [-0.1, -0.05) is 30.9 Å². The van der Waals surface area contributed by atoms with Crippen LogP contribution in [0.2, 0.25) is 0 Å². The van der Waals surface area contributed by atoms with Crippen molar-refractivity contribution in [2.75, 3.05) is 13.7 Å². The molecule has 2 rings (SSSR count). The van der Waals surface area contributed by atoms with Crippen LogP contribution in [-0.4, -0.2) is 19.6 Å². The van der Waals surface area contributed by atoms with E-state index in [0.29, 0.717) is 17.9 Å². The molecule has 2 aromatic rings. The fraction of sp³-hybridized carbons (Fsp3) is 0.211. The molecule has 0 fully saturated rings. The zero-order valence-corrected chi connectivity index (χ0v) is 13.4. The van der Waals surface area contributed by atoms with Crippen molar-refractivity contribution in [1.29, 1.82) is 0 Å². The molecule has 23 heavy (non-hydrogen) atoms. The van der Waals surface area contributed by atoms with Gasteiger partial charge >= 0.3 is 0 Å². The Morgan fingerprint density at radius 3 is 2.57 bits per heavy atom. The molecule has 0 aliphatic rings. The van der Waals surface area contributed by atoms with Gasteiger partial charge in [0.05, 0.1) is 13.2 Å². The van der Waals surface area contributed by atoms with E-state index in [0.717, 1.165) is 11.3 Å². The number of para-hydroxylation sites is 1. The maximum absolute atomic E-state index is 12.3. The van der Waals surface area contributed by atoms with Crippen LogP contribution in [-0.2, 0) is 0 Å². The zero-order valence-electron chi connectivity index (χ0n) is 13.4. The number of carbonyl (C=O) groups is 1. The Morgan fingerprint density at radius 1 is 1.22 bits per heavy atom. The summed E-state index contributed by atoms with van der Waals surface area (Å²) in [7, 11) is 1.62. The molecule has 0 aliphatic heterocycles. The normalized spacial score (nSPS) is 11.4. The van der Waals surface area contributed by atoms with E-state index in [-0.39, 0.29) is 11.9 Å². The Hall–Kier alpha value is -2.75. The van der Waals surface area contributed by atoms with Gasteiger partial charge in [0.15, 0.2) is 0 Å². The first kappa shape index (κ1) is 16.6. The Morgan fingerprint density at radius 2 is 1.91 bits per heavy atom. The summed E-state index contributed by atoms with van der Waals surface area (Å²) in [5.41, 5.74) is 1.52. The van der Waals surface area contributed by atoms with E-state index < -0.39 is 0 Å². The smallest absolute Gasteiger partial charge is 0.251 e. The molecular weight excluding hydrogens is 290 g/mol. The summed E-state index contributed by atoms with van der Waals surface area (Å²) in [6.07, 6.45) is 1.68. The molecule has 0 unspecified atom stereocenters. The average molecular weight is 311 g/mol. The second-order valence-electron chi connectivity index (χ2n) is 5.06. The van der Waals surface area contributed by atoms with Crippen LogP contribution in [0.25, 0.3) is 0 Å². The van der Waals surface area contributed by atoms with E-state index in [1.807, 2.05) is 31.2 Å². The number of carbonyl (C=O) groups excluding carboxylic acids is 1. The Kier molecular flexibility index (Phi) is 5.80. The molecule has 0 aromatic heterocycles. The number of rotatable bonds is 7. The lowest BCUT2D eigenvalue weighted by Crippen LogP contribution is -2.26. The molecule has 0 bridgehead atoms. The summed E-state index contributed by atoms with van der Waals surface area (Å²) in [5, 5.41) is 2.97. The van der Waals surface area contributed by atoms with E-state index in [1.165, 1.54) is 0 Å². The van der Waals surface area contributed by atoms with Gasteiger partial charge in [0, 0.05) is 11.1 Å². The maximum Gasteiger partial charge on any atom is 0.251 e. The van der Waals surface area contributed by atoms with Crippen LogP contribution in [0.5, 0.6) is 11.5 Å². The summed E-state index contributed by atoms with van der Waals surface area (Å²) >= 11 is 0. The van der Waals surface area contributed by atoms with Crippen molar-refractivity contribution >= 4 is 5.91 Å². The number of methoxy groups -OCH3 is 1. The number of nitrogens with one attached hydrogen (secondary N) is 1. The van der Waals surface area contributed by atoms with Gasteiger partial charge in [0.25, 0.3) is 5.91 Å². The van der Waals surface area contributed by atoms with Crippen LogP contribution in [0.3, 0.4) is 0 Å². The van der Waals surface area contributed by atoms with E-state index in [4.69, 9.17) is 9.47 Å². The van der Waals surface area contributed by atoms with Crippen molar-refractivity contribution in [1.82, 2.24) is 5.32 Å². The fourth-order valence-electron chi connectivity index (χ4n) is 2.24. The van der Waals surface area contributed by atoms with Gasteiger partial charge in [-0.2, -0.15) is 0 Å². The molecule has 1 amide bonds. The third-order valence-electron chi connectivity index (χ3n) is 3.44. The monoisotopic (exact) mass is 311 g/mol. The Bertz CT molecular complexity index is 665. The fourth-order valence-corrected chi connectivity index (χ4v) is 2.24. The van der Waals surface area contributed by atoms with Gasteiger partial charge in [-0.15, -0.1) is 0 Å². The highest BCUT2D eigenvalue weighted by Gasteiger charge is 2.14. The van der Waals surface area contributed by atoms with Gasteiger partial charge in [-0.3, -0.25) is 4.79 Å². The molecule has 2 aromatic carbocycles. The molecule has 1 N–H and O–H groups in total. The number of hydrogen-bond donors (Lipinski definition) is 1. The molecule has 0 saturated heterocycles. The van der Waals surface area contributed by atoms with Crippen LogP contribution >= 0.6 is 0 Å². The third-order valence-corrected chi connectivity index (χ3v) is 3.44. The lowest BCUT2D eigenvalue weighted by Gasteiger charge is -2.17. The number of benzene rings is 2. The highest BCUT2D eigenvalue weighted by molar-refractivity contribution is 5.94. The number of hydrogen-bond acceptors (Lipinski definition) is 3. The molecule has 4 nitrogen and oxygen atoms in total. The summed E-state index contributed by atoms with van der Waals surface area (Å²) in [6, 6.07) is 14.5. The van der Waals surface area contributed by atoms with Gasteiger partial charge < -0.3 is 14.8 Å². The van der Waals surface area contributed by atoms with E-state index in [1.54, 1.807) is 37.5 Å². The Balaban J connectivity index is 2.04. The van der Waals surface area contributed by atoms with E-state index in [9.17, 15) is 4.79 Å². The molecule has 0 aliphatic carbocycles. The van der Waals surface area contributed by atoms with Crippen LogP contribution < -0.4 is 14.8 Å². The first-order valence-electron chi connectivity index (χ1n) is 7.43. The third kappa shape index (κ3) is 4.36. The first-order chi connectivity index (χ1) is 11.2. The minimum atomic E-state index is -0.157. The van der Waals surface area contributed by atoms with Crippen molar-refractivity contribution in [2.24, 2.45) is 0 Å². The van der Waals surface area contributed by atoms with Crippen LogP contribution in [0, 0.1) is 0 Å². The van der Waals surface area contributed by atoms with Gasteiger partial charge in [-0.25, -0.2) is 0 Å². The summed E-state index contributed by atoms with van der Waals surface area (Å²) in [4.78, 5) is 12.3. The van der Waals surface area contributed by atoms with Crippen molar-refractivity contribution in [2.45, 2.75) is 13.0 Å². The van der Waals surface area contributed by atoms with Gasteiger partial charge in [0.2, 0.25) is 0 Å². The van der Waals surface area contributed by atoms with E-state index >= 15 is 0 Å². The summed E-state index contributed by atoms with van der Waals surface area (Å²) < 4.78 is 10.7. The minimum Gasteiger partial charge on any atom is -0.496 e. The quantitative estimate of drug-likeness (QED) is 0.792. The number of ether oxygens (including phenoxy) is 2. The summed E-state index contributed by atoms with van der Waals surface area (Å²) in [5.74, 6) is 1.33. The van der Waals surface area contributed by atoms with Crippen molar-refractivity contribution < 1.29 is 14.3 Å². The van der Waals surface area contributed by atoms with Crippen LogP contribution in [0.4, 0.5) is 0 Å². The van der Waals surface area contributed by atoms with E-state index in [2.05, 4.69) is 11.9 Å². The molecule has 120 valence electrons. The van der Waals surface area contributed by atoms with Gasteiger partial charge in [-0.05, 0) is 37.3 Å². The summed E-state index contributed by atoms with van der Waals surface area (Å²) in [6.45, 7) is 5.97. The topological polar surface area (TPSA) is 47.6 Å². The lowest BCUT2D eigenvalue weighted by molar-refractivity contribution is 0.0939. The molecule has 0 radical (unpaired) electrons. The van der Waals surface area contributed by atoms with Crippen molar-refractivity contribution in [3.63, 3.8) is 0 Å². The highest BCUT2D eigenvalue weighted by atomic mass is 16.5. The predicted molar refractivity (Wildman–Crippen MR) is 91.0 cm³/mol. The molecule has 0 saturated carbocycles. The molecule has 1 atom stereocenters. The first-order valence-corrected chi connectivity index (χ1v) is 7.43. The van der Waals surface area contributed by atoms with Crippen molar-refractivity contribution in [3.8, 4) is 11.5 Å².